The second-order valence-electron chi connectivity index (χ2n) is 8.40. The van der Waals surface area contributed by atoms with E-state index in [-0.39, 0.29) is 17.4 Å². The van der Waals surface area contributed by atoms with Gasteiger partial charge in [0, 0.05) is 17.1 Å². The molecule has 1 fully saturated rings. The quantitative estimate of drug-likeness (QED) is 0.360. The van der Waals surface area contributed by atoms with Crippen molar-refractivity contribution in [3.8, 4) is 5.75 Å². The van der Waals surface area contributed by atoms with Gasteiger partial charge in [0.05, 0.1) is 17.7 Å². The van der Waals surface area contributed by atoms with E-state index in [2.05, 4.69) is 0 Å². The lowest BCUT2D eigenvalue weighted by Gasteiger charge is -2.26. The third-order valence-corrected chi connectivity index (χ3v) is 5.44. The molecular formula is C25H29ClN2O4. The molecule has 0 spiro atoms. The molecule has 1 atom stereocenters. The maximum absolute atomic E-state index is 13.0. The van der Waals surface area contributed by atoms with Crippen LogP contribution in [0, 0.1) is 0 Å². The molecule has 0 saturated carbocycles. The molecule has 3 rings (SSSR count). The van der Waals surface area contributed by atoms with E-state index in [1.54, 1.807) is 42.5 Å². The highest BCUT2D eigenvalue weighted by molar-refractivity contribution is 6.46. The number of hydrogen-bond donors (Lipinski definition) is 1. The van der Waals surface area contributed by atoms with Crippen molar-refractivity contribution in [1.29, 1.82) is 0 Å². The minimum atomic E-state index is -0.706. The number of carbonyl (C=O) groups is 2. The summed E-state index contributed by atoms with van der Waals surface area (Å²) in [4.78, 5) is 29.5. The van der Waals surface area contributed by atoms with Crippen molar-refractivity contribution in [1.82, 2.24) is 9.80 Å². The maximum atomic E-state index is 13.0. The first-order valence-electron chi connectivity index (χ1n) is 10.6. The van der Waals surface area contributed by atoms with Crippen LogP contribution in [0.4, 0.5) is 0 Å². The van der Waals surface area contributed by atoms with Gasteiger partial charge in [0.25, 0.3) is 11.7 Å². The van der Waals surface area contributed by atoms with Crippen molar-refractivity contribution in [3.05, 3.63) is 70.3 Å². The Morgan fingerprint density at radius 3 is 2.44 bits per heavy atom. The number of hydrogen-bond acceptors (Lipinski definition) is 5. The van der Waals surface area contributed by atoms with E-state index in [1.807, 2.05) is 38.9 Å². The molecule has 0 unspecified atom stereocenters. The number of Topliss-reactive ketones (excluding diaryl/α,β-unsaturated/α-hetero) is 1. The number of ether oxygens (including phenoxy) is 1. The van der Waals surface area contributed by atoms with Crippen molar-refractivity contribution >= 4 is 29.1 Å². The highest BCUT2D eigenvalue weighted by atomic mass is 35.5. The Balaban J connectivity index is 2.04. The minimum absolute atomic E-state index is 0.0183. The first-order chi connectivity index (χ1) is 15.2. The molecule has 170 valence electrons. The van der Waals surface area contributed by atoms with Gasteiger partial charge >= 0.3 is 0 Å². The molecule has 2 aromatic carbocycles. The second kappa shape index (κ2) is 10.2. The number of halogens is 1. The van der Waals surface area contributed by atoms with Crippen LogP contribution in [0.2, 0.25) is 5.02 Å². The monoisotopic (exact) mass is 456 g/mol. The van der Waals surface area contributed by atoms with Crippen molar-refractivity contribution in [2.75, 3.05) is 27.2 Å². The van der Waals surface area contributed by atoms with E-state index >= 15 is 0 Å². The number of benzene rings is 2. The van der Waals surface area contributed by atoms with Gasteiger partial charge in [-0.2, -0.15) is 0 Å². The third kappa shape index (κ3) is 5.31. The molecule has 1 heterocycles. The number of nitrogens with zero attached hydrogens (tertiary/aromatic N) is 2. The summed E-state index contributed by atoms with van der Waals surface area (Å²) in [6.07, 6.45) is 0.711. The van der Waals surface area contributed by atoms with Crippen molar-refractivity contribution < 1.29 is 19.4 Å². The van der Waals surface area contributed by atoms with Crippen LogP contribution in [0.15, 0.2) is 54.1 Å². The van der Waals surface area contributed by atoms with Crippen LogP contribution < -0.4 is 4.74 Å². The molecule has 2 aromatic rings. The molecule has 0 aliphatic carbocycles. The first kappa shape index (κ1) is 23.8. The van der Waals surface area contributed by atoms with Crippen LogP contribution in [-0.4, -0.2) is 59.9 Å². The Morgan fingerprint density at radius 1 is 1.16 bits per heavy atom. The molecular weight excluding hydrogens is 428 g/mol. The smallest absolute Gasteiger partial charge is 0.295 e. The molecule has 7 heteroatoms. The summed E-state index contributed by atoms with van der Waals surface area (Å²) >= 11 is 6.21. The van der Waals surface area contributed by atoms with Gasteiger partial charge in [-0.25, -0.2) is 0 Å². The topological polar surface area (TPSA) is 70.1 Å². The van der Waals surface area contributed by atoms with Gasteiger partial charge in [0.2, 0.25) is 0 Å². The van der Waals surface area contributed by atoms with Crippen molar-refractivity contribution in [2.24, 2.45) is 0 Å². The molecule has 1 aliphatic rings. The maximum Gasteiger partial charge on any atom is 0.295 e. The molecule has 6 nitrogen and oxygen atoms in total. The fraction of sp³-hybridized carbons (Fsp3) is 0.360. The summed E-state index contributed by atoms with van der Waals surface area (Å²) in [6.45, 7) is 5.01. The number of amides is 1. The number of ketones is 1. The molecule has 0 radical (unpaired) electrons. The summed E-state index contributed by atoms with van der Waals surface area (Å²) < 4.78 is 5.65. The number of likely N-dealkylation sites (tertiary alicyclic amines) is 1. The Kier molecular flexibility index (Phi) is 7.59. The molecule has 32 heavy (non-hydrogen) atoms. The molecule has 1 saturated heterocycles. The Hall–Kier alpha value is -2.83. The highest BCUT2D eigenvalue weighted by Crippen LogP contribution is 2.40. The van der Waals surface area contributed by atoms with E-state index < -0.39 is 17.7 Å². The fourth-order valence-corrected chi connectivity index (χ4v) is 4.01. The Morgan fingerprint density at radius 2 is 1.84 bits per heavy atom. The molecule has 1 aliphatic heterocycles. The zero-order valence-corrected chi connectivity index (χ0v) is 19.6. The van der Waals surface area contributed by atoms with Crippen LogP contribution in [-0.2, 0) is 9.59 Å². The van der Waals surface area contributed by atoms with E-state index in [9.17, 15) is 14.7 Å². The minimum Gasteiger partial charge on any atom is -0.507 e. The van der Waals surface area contributed by atoms with Crippen LogP contribution in [0.3, 0.4) is 0 Å². The van der Waals surface area contributed by atoms with E-state index in [0.29, 0.717) is 34.9 Å². The van der Waals surface area contributed by atoms with Gasteiger partial charge in [-0.3, -0.25) is 9.59 Å². The lowest BCUT2D eigenvalue weighted by atomic mass is 9.95. The third-order valence-electron chi connectivity index (χ3n) is 5.21. The van der Waals surface area contributed by atoms with Gasteiger partial charge in [0.15, 0.2) is 0 Å². The van der Waals surface area contributed by atoms with Crippen molar-refractivity contribution in [2.45, 2.75) is 32.4 Å². The molecule has 0 aromatic heterocycles. The summed E-state index contributed by atoms with van der Waals surface area (Å²) in [5.41, 5.74) is 1.20. The Bertz CT molecular complexity index is 1010. The first-order valence-corrected chi connectivity index (χ1v) is 11.0. The Labute approximate surface area is 194 Å². The lowest BCUT2D eigenvalue weighted by molar-refractivity contribution is -0.139. The number of aliphatic hydroxyl groups excluding tert-OH is 1. The van der Waals surface area contributed by atoms with Crippen LogP contribution in [0.5, 0.6) is 5.75 Å². The van der Waals surface area contributed by atoms with Crippen LogP contribution in [0.25, 0.3) is 5.76 Å². The van der Waals surface area contributed by atoms with Gasteiger partial charge in [-0.1, -0.05) is 23.7 Å². The fourth-order valence-electron chi connectivity index (χ4n) is 3.81. The van der Waals surface area contributed by atoms with Crippen LogP contribution >= 0.6 is 11.6 Å². The van der Waals surface area contributed by atoms with Gasteiger partial charge in [0.1, 0.15) is 11.5 Å². The zero-order chi connectivity index (χ0) is 23.4. The number of carbonyl (C=O) groups excluding carboxylic acids is 2. The van der Waals surface area contributed by atoms with Gasteiger partial charge in [-0.05, 0) is 82.9 Å². The lowest BCUT2D eigenvalue weighted by Crippen LogP contribution is -2.32. The van der Waals surface area contributed by atoms with Gasteiger partial charge < -0.3 is 19.6 Å². The normalized spacial score (nSPS) is 18.1. The van der Waals surface area contributed by atoms with E-state index in [4.69, 9.17) is 16.3 Å². The average Bonchev–Trinajstić information content (AvgIpc) is 2.98. The summed E-state index contributed by atoms with van der Waals surface area (Å²) in [5, 5.41) is 11.6. The summed E-state index contributed by atoms with van der Waals surface area (Å²) in [7, 11) is 3.91. The SMILES string of the molecule is CC(C)Oc1ccc(/C(O)=C2\C(=O)C(=O)N(CCCN(C)C)[C@@H]2c2cccc(Cl)c2)cc1. The second-order valence-corrected chi connectivity index (χ2v) is 8.83. The van der Waals surface area contributed by atoms with E-state index in [1.165, 1.54) is 4.90 Å². The molecule has 1 amide bonds. The summed E-state index contributed by atoms with van der Waals surface area (Å²) in [5.74, 6) is -0.860. The van der Waals surface area contributed by atoms with Gasteiger partial charge in [-0.15, -0.1) is 0 Å². The summed E-state index contributed by atoms with van der Waals surface area (Å²) in [6, 6.07) is 13.2. The average molecular weight is 457 g/mol. The largest absolute Gasteiger partial charge is 0.507 e. The van der Waals surface area contributed by atoms with Crippen molar-refractivity contribution in [3.63, 3.8) is 0 Å². The predicted molar refractivity (Wildman–Crippen MR) is 126 cm³/mol. The predicted octanol–water partition coefficient (Wildman–Crippen LogP) is 4.50. The van der Waals surface area contributed by atoms with E-state index in [0.717, 1.165) is 6.54 Å². The highest BCUT2D eigenvalue weighted by Gasteiger charge is 2.45. The standard InChI is InChI=1S/C25H29ClN2O4/c1-16(2)32-20-11-9-17(10-12-20)23(29)21-22(18-7-5-8-19(26)15-18)28(25(31)24(21)30)14-6-13-27(3)4/h5,7-12,15-16,22,29H,6,13-14H2,1-4H3/b23-21+/t22-/m1/s1. The number of rotatable bonds is 8. The zero-order valence-electron chi connectivity index (χ0n) is 18.8. The number of aliphatic hydroxyl groups is 1. The van der Waals surface area contributed by atoms with Crippen LogP contribution in [0.1, 0.15) is 37.4 Å². The molecule has 0 bridgehead atoms. The molecule has 1 N–H and O–H groups in total.